The van der Waals surface area contributed by atoms with Gasteiger partial charge in [-0.25, -0.2) is 5.10 Å². The fourth-order valence-electron chi connectivity index (χ4n) is 4.58. The highest BCUT2D eigenvalue weighted by atomic mass is 16.5. The summed E-state index contributed by atoms with van der Waals surface area (Å²) in [4.78, 5) is 27.2. The van der Waals surface area contributed by atoms with E-state index in [2.05, 4.69) is 27.5 Å². The number of aromatic nitrogens is 3. The summed E-state index contributed by atoms with van der Waals surface area (Å²) in [6, 6.07) is 13.5. The number of piperidine rings is 1. The van der Waals surface area contributed by atoms with Crippen LogP contribution < -0.4 is 5.56 Å². The van der Waals surface area contributed by atoms with Gasteiger partial charge in [0.15, 0.2) is 5.76 Å². The van der Waals surface area contributed by atoms with E-state index >= 15 is 0 Å². The van der Waals surface area contributed by atoms with E-state index in [1.54, 1.807) is 0 Å². The number of H-pyrrole nitrogens is 1. The number of amides is 1. The van der Waals surface area contributed by atoms with Crippen LogP contribution in [0.15, 0.2) is 51.8 Å². The maximum atomic E-state index is 13.3. The predicted octanol–water partition coefficient (Wildman–Crippen LogP) is 3.17. The number of carbonyl (C=O) groups excluding carboxylic acids is 1. The van der Waals surface area contributed by atoms with Gasteiger partial charge in [-0.15, -0.1) is 0 Å². The zero-order valence-electron chi connectivity index (χ0n) is 16.9. The van der Waals surface area contributed by atoms with Crippen molar-refractivity contribution in [3.63, 3.8) is 0 Å². The molecule has 3 heterocycles. The van der Waals surface area contributed by atoms with E-state index in [-0.39, 0.29) is 22.8 Å². The summed E-state index contributed by atoms with van der Waals surface area (Å²) in [5.41, 5.74) is 2.78. The van der Waals surface area contributed by atoms with Crippen molar-refractivity contribution in [2.75, 3.05) is 13.1 Å². The first-order chi connectivity index (χ1) is 14.6. The molecule has 1 aliphatic heterocycles. The summed E-state index contributed by atoms with van der Waals surface area (Å²) in [6.07, 6.45) is 3.45. The van der Waals surface area contributed by atoms with E-state index < -0.39 is 0 Å². The van der Waals surface area contributed by atoms with Crippen LogP contribution in [0, 0.1) is 6.92 Å². The zero-order chi connectivity index (χ0) is 20.7. The van der Waals surface area contributed by atoms with Crippen LogP contribution in [-0.4, -0.2) is 39.3 Å². The molecule has 3 aromatic rings. The summed E-state index contributed by atoms with van der Waals surface area (Å²) in [6.45, 7) is 3.22. The number of benzene rings is 1. The number of nitrogens with zero attached hydrogens (tertiary/aromatic N) is 3. The maximum Gasteiger partial charge on any atom is 0.264 e. The van der Waals surface area contributed by atoms with Crippen LogP contribution in [0.5, 0.6) is 0 Å². The number of aryl methyl sites for hydroxylation is 1. The van der Waals surface area contributed by atoms with Gasteiger partial charge >= 0.3 is 0 Å². The predicted molar refractivity (Wildman–Crippen MR) is 111 cm³/mol. The van der Waals surface area contributed by atoms with Gasteiger partial charge in [0.1, 0.15) is 0 Å². The second-order valence-corrected chi connectivity index (χ2v) is 8.38. The number of nitrogens with one attached hydrogen (secondary N) is 1. The molecule has 7 heteroatoms. The molecule has 1 saturated carbocycles. The molecule has 0 radical (unpaired) electrons. The molecule has 0 atom stereocenters. The molecule has 0 unspecified atom stereocenters. The second kappa shape index (κ2) is 7.23. The topological polar surface area (TPSA) is 92.1 Å². The van der Waals surface area contributed by atoms with Gasteiger partial charge in [0.2, 0.25) is 5.91 Å². The Bertz CT molecular complexity index is 1120. The van der Waals surface area contributed by atoms with E-state index in [0.717, 1.165) is 42.6 Å². The van der Waals surface area contributed by atoms with Gasteiger partial charge in [-0.2, -0.15) is 5.10 Å². The Morgan fingerprint density at radius 1 is 1.17 bits per heavy atom. The molecule has 154 valence electrons. The lowest BCUT2D eigenvalue weighted by Gasteiger charge is -2.34. The van der Waals surface area contributed by atoms with E-state index in [1.807, 2.05) is 36.1 Å². The molecule has 1 N–H and O–H groups in total. The standard InChI is InChI=1S/C23H24N4O3/c1-15-13-19(30-26-15)18-14-20(28)24-25-21(18)16-7-11-27(12-8-16)22(29)23(9-10-23)17-5-3-2-4-6-17/h2-6,13-14,16H,7-12H2,1H3,(H,24,28). The quantitative estimate of drug-likeness (QED) is 0.721. The number of aromatic amines is 1. The summed E-state index contributed by atoms with van der Waals surface area (Å²) in [5, 5.41) is 10.8. The Labute approximate surface area is 174 Å². The molecule has 7 nitrogen and oxygen atoms in total. The van der Waals surface area contributed by atoms with Gasteiger partial charge in [0, 0.05) is 36.7 Å². The van der Waals surface area contributed by atoms with Gasteiger partial charge in [-0.05, 0) is 38.2 Å². The summed E-state index contributed by atoms with van der Waals surface area (Å²) >= 11 is 0. The minimum Gasteiger partial charge on any atom is -0.356 e. The van der Waals surface area contributed by atoms with Crippen molar-refractivity contribution in [3.05, 3.63) is 69.8 Å². The average molecular weight is 404 g/mol. The van der Waals surface area contributed by atoms with Crippen LogP contribution in [0.2, 0.25) is 0 Å². The van der Waals surface area contributed by atoms with E-state index in [0.29, 0.717) is 24.4 Å². The van der Waals surface area contributed by atoms with Crippen molar-refractivity contribution in [1.29, 1.82) is 0 Å². The molecule has 1 aromatic carbocycles. The number of rotatable bonds is 4. The molecule has 5 rings (SSSR count). The number of likely N-dealkylation sites (tertiary alicyclic amines) is 1. The fourth-order valence-corrected chi connectivity index (χ4v) is 4.58. The van der Waals surface area contributed by atoms with Crippen molar-refractivity contribution < 1.29 is 9.32 Å². The van der Waals surface area contributed by atoms with Crippen molar-refractivity contribution >= 4 is 5.91 Å². The Hall–Kier alpha value is -3.22. The van der Waals surface area contributed by atoms with Crippen LogP contribution in [-0.2, 0) is 10.2 Å². The van der Waals surface area contributed by atoms with Crippen LogP contribution in [0.4, 0.5) is 0 Å². The van der Waals surface area contributed by atoms with Gasteiger partial charge < -0.3 is 9.42 Å². The molecular weight excluding hydrogens is 380 g/mol. The molecule has 1 aliphatic carbocycles. The first-order valence-electron chi connectivity index (χ1n) is 10.4. The molecule has 2 fully saturated rings. The van der Waals surface area contributed by atoms with Crippen LogP contribution in [0.25, 0.3) is 11.3 Å². The summed E-state index contributed by atoms with van der Waals surface area (Å²) in [5.74, 6) is 0.950. The molecule has 2 aliphatic rings. The number of carbonyl (C=O) groups is 1. The fraction of sp³-hybridized carbons (Fsp3) is 0.391. The third-order valence-corrected chi connectivity index (χ3v) is 6.39. The van der Waals surface area contributed by atoms with Crippen LogP contribution >= 0.6 is 0 Å². The molecule has 1 amide bonds. The first kappa shape index (κ1) is 18.8. The lowest BCUT2D eigenvalue weighted by molar-refractivity contribution is -0.135. The zero-order valence-corrected chi connectivity index (χ0v) is 16.9. The van der Waals surface area contributed by atoms with Crippen molar-refractivity contribution in [3.8, 4) is 11.3 Å². The average Bonchev–Trinajstić information content (AvgIpc) is 3.48. The van der Waals surface area contributed by atoms with Crippen molar-refractivity contribution in [2.24, 2.45) is 0 Å². The molecule has 0 bridgehead atoms. The third kappa shape index (κ3) is 3.24. The van der Waals surface area contributed by atoms with Gasteiger partial charge in [0.05, 0.1) is 16.8 Å². The molecular formula is C23H24N4O3. The van der Waals surface area contributed by atoms with Crippen molar-refractivity contribution in [2.45, 2.75) is 43.9 Å². The second-order valence-electron chi connectivity index (χ2n) is 8.38. The Morgan fingerprint density at radius 3 is 2.53 bits per heavy atom. The number of hydrogen-bond donors (Lipinski definition) is 1. The molecule has 30 heavy (non-hydrogen) atoms. The van der Waals surface area contributed by atoms with E-state index in [1.165, 1.54) is 6.07 Å². The monoisotopic (exact) mass is 404 g/mol. The van der Waals surface area contributed by atoms with Crippen LogP contribution in [0.3, 0.4) is 0 Å². The summed E-state index contributed by atoms with van der Waals surface area (Å²) in [7, 11) is 0. The van der Waals surface area contributed by atoms with Gasteiger partial charge in [-0.3, -0.25) is 9.59 Å². The Morgan fingerprint density at radius 2 is 1.90 bits per heavy atom. The third-order valence-electron chi connectivity index (χ3n) is 6.39. The normalized spacial score (nSPS) is 18.4. The lowest BCUT2D eigenvalue weighted by Crippen LogP contribution is -2.43. The first-order valence-corrected chi connectivity index (χ1v) is 10.4. The minimum atomic E-state index is -0.327. The minimum absolute atomic E-state index is 0.151. The molecule has 1 saturated heterocycles. The van der Waals surface area contributed by atoms with Gasteiger partial charge in [-0.1, -0.05) is 35.5 Å². The lowest BCUT2D eigenvalue weighted by atomic mass is 9.88. The smallest absolute Gasteiger partial charge is 0.264 e. The van der Waals surface area contributed by atoms with Crippen LogP contribution in [0.1, 0.15) is 48.6 Å². The Balaban J connectivity index is 1.34. The molecule has 0 spiro atoms. The largest absolute Gasteiger partial charge is 0.356 e. The van der Waals surface area contributed by atoms with Crippen molar-refractivity contribution in [1.82, 2.24) is 20.3 Å². The van der Waals surface area contributed by atoms with Gasteiger partial charge in [0.25, 0.3) is 5.56 Å². The highest BCUT2D eigenvalue weighted by Gasteiger charge is 2.53. The van der Waals surface area contributed by atoms with E-state index in [9.17, 15) is 9.59 Å². The maximum absolute atomic E-state index is 13.3. The Kier molecular flexibility index (Phi) is 4.53. The highest BCUT2D eigenvalue weighted by Crippen LogP contribution is 2.50. The number of hydrogen-bond acceptors (Lipinski definition) is 5. The summed E-state index contributed by atoms with van der Waals surface area (Å²) < 4.78 is 5.39. The highest BCUT2D eigenvalue weighted by molar-refractivity contribution is 5.91. The SMILES string of the molecule is Cc1cc(-c2cc(=O)[nH]nc2C2CCN(C(=O)C3(c4ccccc4)CC3)CC2)on1. The molecule has 2 aromatic heterocycles. The van der Waals surface area contributed by atoms with E-state index in [4.69, 9.17) is 4.52 Å².